The SMILES string of the molecule is Cn1c(=O)oc2ccc(CCNCCCCO)cc21. The monoisotopic (exact) mass is 264 g/mol. The number of aliphatic hydroxyl groups excluding tert-OH is 1. The fraction of sp³-hybridized carbons (Fsp3) is 0.500. The predicted octanol–water partition coefficient (Wildman–Crippen LogP) is 1.04. The van der Waals surface area contributed by atoms with Gasteiger partial charge in [-0.25, -0.2) is 4.79 Å². The summed E-state index contributed by atoms with van der Waals surface area (Å²) < 4.78 is 6.61. The molecule has 2 rings (SSSR count). The normalized spacial score (nSPS) is 11.3. The Morgan fingerprint density at radius 2 is 2.16 bits per heavy atom. The Hall–Kier alpha value is -1.59. The fourth-order valence-electron chi connectivity index (χ4n) is 2.05. The number of nitrogens with zero attached hydrogens (tertiary/aromatic N) is 1. The molecule has 0 radical (unpaired) electrons. The Morgan fingerprint density at radius 1 is 1.32 bits per heavy atom. The van der Waals surface area contributed by atoms with E-state index in [2.05, 4.69) is 5.32 Å². The Balaban J connectivity index is 1.91. The number of fused-ring (bicyclic) bond motifs is 1. The molecule has 0 unspecified atom stereocenters. The highest BCUT2D eigenvalue weighted by Gasteiger charge is 2.05. The average molecular weight is 264 g/mol. The van der Waals surface area contributed by atoms with Gasteiger partial charge in [0.1, 0.15) is 0 Å². The van der Waals surface area contributed by atoms with E-state index in [-0.39, 0.29) is 12.4 Å². The van der Waals surface area contributed by atoms with Gasteiger partial charge in [0.2, 0.25) is 0 Å². The largest absolute Gasteiger partial charge is 0.419 e. The lowest BCUT2D eigenvalue weighted by molar-refractivity contribution is 0.284. The second-order valence-corrected chi connectivity index (χ2v) is 4.66. The Morgan fingerprint density at radius 3 is 2.95 bits per heavy atom. The fourth-order valence-corrected chi connectivity index (χ4v) is 2.05. The van der Waals surface area contributed by atoms with Gasteiger partial charge in [0.05, 0.1) is 5.52 Å². The topological polar surface area (TPSA) is 67.4 Å². The molecule has 0 bridgehead atoms. The van der Waals surface area contributed by atoms with Crippen LogP contribution in [0.5, 0.6) is 0 Å². The molecule has 19 heavy (non-hydrogen) atoms. The third-order valence-corrected chi connectivity index (χ3v) is 3.21. The van der Waals surface area contributed by atoms with E-state index in [0.29, 0.717) is 5.58 Å². The van der Waals surface area contributed by atoms with Crippen molar-refractivity contribution < 1.29 is 9.52 Å². The molecule has 0 atom stereocenters. The van der Waals surface area contributed by atoms with Gasteiger partial charge in [-0.1, -0.05) is 6.07 Å². The second kappa shape index (κ2) is 6.54. The van der Waals surface area contributed by atoms with Gasteiger partial charge in [0.25, 0.3) is 0 Å². The second-order valence-electron chi connectivity index (χ2n) is 4.66. The van der Waals surface area contributed by atoms with Crippen molar-refractivity contribution in [2.45, 2.75) is 19.3 Å². The summed E-state index contributed by atoms with van der Waals surface area (Å²) in [7, 11) is 1.71. The van der Waals surface area contributed by atoms with Crippen molar-refractivity contribution in [3.63, 3.8) is 0 Å². The third kappa shape index (κ3) is 3.45. The number of hydrogen-bond donors (Lipinski definition) is 2. The molecule has 2 aromatic rings. The molecule has 0 spiro atoms. The van der Waals surface area contributed by atoms with E-state index >= 15 is 0 Å². The van der Waals surface area contributed by atoms with Crippen LogP contribution in [-0.4, -0.2) is 29.4 Å². The van der Waals surface area contributed by atoms with Crippen molar-refractivity contribution in [3.8, 4) is 0 Å². The molecule has 2 N–H and O–H groups in total. The zero-order valence-corrected chi connectivity index (χ0v) is 11.2. The molecule has 0 aliphatic rings. The van der Waals surface area contributed by atoms with E-state index in [1.165, 1.54) is 10.1 Å². The summed E-state index contributed by atoms with van der Waals surface area (Å²) in [6.07, 6.45) is 2.75. The molecular formula is C14H20N2O3. The molecule has 1 aromatic carbocycles. The first-order valence-electron chi connectivity index (χ1n) is 6.62. The van der Waals surface area contributed by atoms with Crippen molar-refractivity contribution in [2.24, 2.45) is 7.05 Å². The minimum atomic E-state index is -0.325. The zero-order valence-electron chi connectivity index (χ0n) is 11.2. The summed E-state index contributed by atoms with van der Waals surface area (Å²) in [6.45, 7) is 2.07. The standard InChI is InChI=1S/C14H20N2O3/c1-16-12-10-11(4-5-13(12)19-14(16)18)6-8-15-7-2-3-9-17/h4-5,10,15,17H,2-3,6-9H2,1H3. The van der Waals surface area contributed by atoms with Crippen LogP contribution in [0.15, 0.2) is 27.4 Å². The number of unbranched alkanes of at least 4 members (excludes halogenated alkanes) is 1. The molecule has 104 valence electrons. The first-order valence-corrected chi connectivity index (χ1v) is 6.62. The molecule has 1 aromatic heterocycles. The molecule has 0 aliphatic carbocycles. The molecule has 0 saturated carbocycles. The van der Waals surface area contributed by atoms with Crippen molar-refractivity contribution >= 4 is 11.1 Å². The summed E-state index contributed by atoms with van der Waals surface area (Å²) in [4.78, 5) is 11.4. The predicted molar refractivity (Wildman–Crippen MR) is 74.3 cm³/mol. The first-order chi connectivity index (χ1) is 9.22. The Kier molecular flexibility index (Phi) is 4.76. The minimum Gasteiger partial charge on any atom is -0.408 e. The molecular weight excluding hydrogens is 244 g/mol. The number of benzene rings is 1. The number of aryl methyl sites for hydroxylation is 1. The lowest BCUT2D eigenvalue weighted by atomic mass is 10.1. The molecule has 5 heteroatoms. The van der Waals surface area contributed by atoms with Crippen LogP contribution in [0.25, 0.3) is 11.1 Å². The van der Waals surface area contributed by atoms with E-state index in [1.807, 2.05) is 18.2 Å². The van der Waals surface area contributed by atoms with Gasteiger partial charge in [0.15, 0.2) is 5.58 Å². The van der Waals surface area contributed by atoms with Crippen LogP contribution in [0.1, 0.15) is 18.4 Å². The minimum absolute atomic E-state index is 0.257. The Labute approximate surface area is 111 Å². The van der Waals surface area contributed by atoms with Crippen LogP contribution in [0.4, 0.5) is 0 Å². The first kappa shape index (κ1) is 13.8. The lowest BCUT2D eigenvalue weighted by Gasteiger charge is -2.04. The molecule has 0 amide bonds. The van der Waals surface area contributed by atoms with E-state index in [1.54, 1.807) is 7.05 Å². The van der Waals surface area contributed by atoms with Crippen LogP contribution in [0.3, 0.4) is 0 Å². The van der Waals surface area contributed by atoms with Crippen LogP contribution >= 0.6 is 0 Å². The van der Waals surface area contributed by atoms with Gasteiger partial charge in [-0.15, -0.1) is 0 Å². The summed E-state index contributed by atoms with van der Waals surface area (Å²) >= 11 is 0. The van der Waals surface area contributed by atoms with Crippen molar-refractivity contribution in [2.75, 3.05) is 19.7 Å². The number of aromatic nitrogens is 1. The van der Waals surface area contributed by atoms with E-state index < -0.39 is 0 Å². The highest BCUT2D eigenvalue weighted by Crippen LogP contribution is 2.14. The molecule has 0 aliphatic heterocycles. The highest BCUT2D eigenvalue weighted by molar-refractivity contribution is 5.73. The van der Waals surface area contributed by atoms with Gasteiger partial charge in [-0.05, 0) is 50.0 Å². The lowest BCUT2D eigenvalue weighted by Crippen LogP contribution is -2.18. The maximum Gasteiger partial charge on any atom is 0.419 e. The van der Waals surface area contributed by atoms with E-state index in [4.69, 9.17) is 9.52 Å². The van der Waals surface area contributed by atoms with Gasteiger partial charge < -0.3 is 14.8 Å². The molecule has 5 nitrogen and oxygen atoms in total. The van der Waals surface area contributed by atoms with Crippen molar-refractivity contribution in [3.05, 3.63) is 34.3 Å². The quantitative estimate of drug-likeness (QED) is 0.733. The maximum atomic E-state index is 11.4. The van der Waals surface area contributed by atoms with Gasteiger partial charge in [-0.2, -0.15) is 0 Å². The van der Waals surface area contributed by atoms with Crippen LogP contribution < -0.4 is 11.1 Å². The van der Waals surface area contributed by atoms with Gasteiger partial charge in [-0.3, -0.25) is 4.57 Å². The van der Waals surface area contributed by atoms with E-state index in [9.17, 15) is 4.79 Å². The third-order valence-electron chi connectivity index (χ3n) is 3.21. The smallest absolute Gasteiger partial charge is 0.408 e. The van der Waals surface area contributed by atoms with Crippen molar-refractivity contribution in [1.82, 2.24) is 9.88 Å². The number of rotatable bonds is 7. The van der Waals surface area contributed by atoms with Crippen molar-refractivity contribution in [1.29, 1.82) is 0 Å². The summed E-state index contributed by atoms with van der Waals surface area (Å²) in [5, 5.41) is 12.0. The Bertz CT molecular complexity index is 586. The van der Waals surface area contributed by atoms with Crippen LogP contribution in [0, 0.1) is 0 Å². The molecule has 0 fully saturated rings. The van der Waals surface area contributed by atoms with E-state index in [0.717, 1.165) is 37.9 Å². The summed E-state index contributed by atoms with van der Waals surface area (Å²) in [5.41, 5.74) is 2.65. The molecule has 1 heterocycles. The van der Waals surface area contributed by atoms with Crippen LogP contribution in [-0.2, 0) is 13.5 Å². The summed E-state index contributed by atoms with van der Waals surface area (Å²) in [5.74, 6) is -0.325. The average Bonchev–Trinajstić information content (AvgIpc) is 2.70. The zero-order chi connectivity index (χ0) is 13.7. The van der Waals surface area contributed by atoms with Gasteiger partial charge in [0, 0.05) is 13.7 Å². The van der Waals surface area contributed by atoms with Gasteiger partial charge >= 0.3 is 5.76 Å². The number of oxazole rings is 1. The number of nitrogens with one attached hydrogen (secondary N) is 1. The number of aliphatic hydroxyl groups is 1. The number of hydrogen-bond acceptors (Lipinski definition) is 4. The van der Waals surface area contributed by atoms with Crippen LogP contribution in [0.2, 0.25) is 0 Å². The maximum absolute atomic E-state index is 11.4. The highest BCUT2D eigenvalue weighted by atomic mass is 16.4. The molecule has 0 saturated heterocycles. The summed E-state index contributed by atoms with van der Waals surface area (Å²) in [6, 6.07) is 5.83.